The SMILES string of the molecule is O=[N+]([O-])/C=C1\NCCN1Cc1cnc(F)nc1. The largest absolute Gasteiger partial charge is 0.365 e. The fourth-order valence-electron chi connectivity index (χ4n) is 1.58. The predicted octanol–water partition coefficient (Wildman–Crippen LogP) is 0.0965. The monoisotopic (exact) mass is 239 g/mol. The molecule has 0 aromatic carbocycles. The van der Waals surface area contributed by atoms with Gasteiger partial charge in [-0.25, -0.2) is 9.97 Å². The highest BCUT2D eigenvalue weighted by Gasteiger charge is 2.19. The lowest BCUT2D eigenvalue weighted by Crippen LogP contribution is -2.20. The second-order valence-electron chi connectivity index (χ2n) is 3.51. The van der Waals surface area contributed by atoms with Crippen LogP contribution >= 0.6 is 0 Å². The average molecular weight is 239 g/mol. The molecule has 7 nitrogen and oxygen atoms in total. The summed E-state index contributed by atoms with van der Waals surface area (Å²) >= 11 is 0. The number of nitrogens with zero attached hydrogens (tertiary/aromatic N) is 4. The van der Waals surface area contributed by atoms with Gasteiger partial charge in [-0.2, -0.15) is 4.39 Å². The fourth-order valence-corrected chi connectivity index (χ4v) is 1.58. The second-order valence-corrected chi connectivity index (χ2v) is 3.51. The van der Waals surface area contributed by atoms with Gasteiger partial charge in [0, 0.05) is 37.6 Å². The van der Waals surface area contributed by atoms with E-state index in [-0.39, 0.29) is 0 Å². The molecule has 1 aromatic rings. The van der Waals surface area contributed by atoms with Gasteiger partial charge in [0.05, 0.1) is 4.92 Å². The predicted molar refractivity (Wildman–Crippen MR) is 55.5 cm³/mol. The zero-order valence-electron chi connectivity index (χ0n) is 8.84. The van der Waals surface area contributed by atoms with Crippen LogP contribution in [0.4, 0.5) is 4.39 Å². The molecule has 0 saturated carbocycles. The molecule has 0 aliphatic carbocycles. The van der Waals surface area contributed by atoms with Crippen molar-refractivity contribution in [1.29, 1.82) is 0 Å². The van der Waals surface area contributed by atoms with Gasteiger partial charge in [0.15, 0.2) is 5.82 Å². The van der Waals surface area contributed by atoms with Crippen molar-refractivity contribution in [3.05, 3.63) is 46.2 Å². The van der Waals surface area contributed by atoms with E-state index in [4.69, 9.17) is 0 Å². The molecule has 17 heavy (non-hydrogen) atoms. The van der Waals surface area contributed by atoms with Gasteiger partial charge in [0.2, 0.25) is 0 Å². The first-order valence-electron chi connectivity index (χ1n) is 4.96. The molecule has 0 radical (unpaired) electrons. The molecule has 2 heterocycles. The normalized spacial score (nSPS) is 17.2. The van der Waals surface area contributed by atoms with Crippen LogP contribution in [0.2, 0.25) is 0 Å². The van der Waals surface area contributed by atoms with Crippen LogP contribution in [0.25, 0.3) is 0 Å². The standard InChI is InChI=1S/C9H10FN5O2/c10-9-12-3-7(4-13-9)5-14-2-1-11-8(14)6-15(16)17/h3-4,6,11H,1-2,5H2/b8-6+. The molecule has 1 saturated heterocycles. The summed E-state index contributed by atoms with van der Waals surface area (Å²) < 4.78 is 12.5. The number of aromatic nitrogens is 2. The van der Waals surface area contributed by atoms with Gasteiger partial charge < -0.3 is 10.2 Å². The molecule has 1 fully saturated rings. The van der Waals surface area contributed by atoms with Crippen molar-refractivity contribution in [3.63, 3.8) is 0 Å². The van der Waals surface area contributed by atoms with E-state index in [0.717, 1.165) is 6.20 Å². The van der Waals surface area contributed by atoms with Gasteiger partial charge in [0.25, 0.3) is 6.20 Å². The highest BCUT2D eigenvalue weighted by molar-refractivity contribution is 5.08. The fraction of sp³-hybridized carbons (Fsp3) is 0.333. The minimum atomic E-state index is -0.783. The first kappa shape index (κ1) is 11.2. The van der Waals surface area contributed by atoms with Crippen molar-refractivity contribution >= 4 is 0 Å². The van der Waals surface area contributed by atoms with E-state index < -0.39 is 11.0 Å². The summed E-state index contributed by atoms with van der Waals surface area (Å²) in [5, 5.41) is 13.3. The Labute approximate surface area is 96.1 Å². The van der Waals surface area contributed by atoms with E-state index in [1.165, 1.54) is 12.4 Å². The molecule has 1 aliphatic rings. The summed E-state index contributed by atoms with van der Waals surface area (Å²) in [6.07, 6.45) is 2.86. The lowest BCUT2D eigenvalue weighted by molar-refractivity contribution is -0.404. The summed E-state index contributed by atoms with van der Waals surface area (Å²) in [6.45, 7) is 1.70. The number of rotatable bonds is 3. The van der Waals surface area contributed by atoms with Crippen molar-refractivity contribution in [2.75, 3.05) is 13.1 Å². The number of hydrogen-bond donors (Lipinski definition) is 1. The molecule has 1 aromatic heterocycles. The minimum absolute atomic E-state index is 0.410. The van der Waals surface area contributed by atoms with Gasteiger partial charge in [-0.1, -0.05) is 0 Å². The quantitative estimate of drug-likeness (QED) is 0.457. The topological polar surface area (TPSA) is 84.2 Å². The van der Waals surface area contributed by atoms with Crippen LogP contribution in [-0.4, -0.2) is 32.9 Å². The smallest absolute Gasteiger partial charge is 0.308 e. The molecule has 8 heteroatoms. The molecule has 0 unspecified atom stereocenters. The Morgan fingerprint density at radius 1 is 1.59 bits per heavy atom. The third-order valence-corrected chi connectivity index (χ3v) is 2.30. The third kappa shape index (κ3) is 2.86. The number of halogens is 1. The van der Waals surface area contributed by atoms with Crippen LogP contribution in [0.15, 0.2) is 24.4 Å². The molecule has 0 atom stereocenters. The maximum atomic E-state index is 12.5. The summed E-state index contributed by atoms with van der Waals surface area (Å²) in [6, 6.07) is 0. The molecule has 2 rings (SSSR count). The van der Waals surface area contributed by atoms with Crippen molar-refractivity contribution in [1.82, 2.24) is 20.2 Å². The zero-order valence-corrected chi connectivity index (χ0v) is 8.84. The van der Waals surface area contributed by atoms with Gasteiger partial charge in [-0.05, 0) is 0 Å². The minimum Gasteiger partial charge on any atom is -0.365 e. The molecule has 1 N–H and O–H groups in total. The lowest BCUT2D eigenvalue weighted by Gasteiger charge is -2.16. The van der Waals surface area contributed by atoms with E-state index in [9.17, 15) is 14.5 Å². The van der Waals surface area contributed by atoms with Gasteiger partial charge >= 0.3 is 6.08 Å². The molecule has 90 valence electrons. The van der Waals surface area contributed by atoms with Crippen LogP contribution in [0.3, 0.4) is 0 Å². The molecule has 1 aliphatic heterocycles. The van der Waals surface area contributed by atoms with E-state index in [2.05, 4.69) is 15.3 Å². The average Bonchev–Trinajstić information content (AvgIpc) is 2.68. The van der Waals surface area contributed by atoms with Gasteiger partial charge in [-0.3, -0.25) is 10.1 Å². The summed E-state index contributed by atoms with van der Waals surface area (Å²) in [7, 11) is 0. The van der Waals surface area contributed by atoms with E-state index in [1.54, 1.807) is 4.90 Å². The van der Waals surface area contributed by atoms with Gasteiger partial charge in [0.1, 0.15) is 0 Å². The van der Waals surface area contributed by atoms with Crippen molar-refractivity contribution in [2.45, 2.75) is 6.54 Å². The third-order valence-electron chi connectivity index (χ3n) is 2.30. The Morgan fingerprint density at radius 3 is 2.94 bits per heavy atom. The van der Waals surface area contributed by atoms with Crippen LogP contribution in [0, 0.1) is 16.2 Å². The first-order chi connectivity index (χ1) is 8.15. The first-order valence-corrected chi connectivity index (χ1v) is 4.96. The van der Waals surface area contributed by atoms with Gasteiger partial charge in [-0.15, -0.1) is 0 Å². The molecule has 0 amide bonds. The Bertz CT molecular complexity index is 447. The van der Waals surface area contributed by atoms with Crippen molar-refractivity contribution in [3.8, 4) is 0 Å². The molecule has 0 bridgehead atoms. The Hall–Kier alpha value is -2.25. The molecular weight excluding hydrogens is 229 g/mol. The maximum Gasteiger partial charge on any atom is 0.308 e. The number of hydrogen-bond acceptors (Lipinski definition) is 6. The Morgan fingerprint density at radius 2 is 2.29 bits per heavy atom. The van der Waals surface area contributed by atoms with Crippen LogP contribution in [-0.2, 0) is 6.54 Å². The van der Waals surface area contributed by atoms with Crippen molar-refractivity contribution in [2.24, 2.45) is 0 Å². The summed E-state index contributed by atoms with van der Waals surface area (Å²) in [5.41, 5.74) is 0.698. The Balaban J connectivity index is 2.07. The number of nitrogens with one attached hydrogen (secondary N) is 1. The van der Waals surface area contributed by atoms with E-state index >= 15 is 0 Å². The number of nitro groups is 1. The highest BCUT2D eigenvalue weighted by Crippen LogP contribution is 2.11. The Kier molecular flexibility index (Phi) is 3.12. The van der Waals surface area contributed by atoms with Crippen LogP contribution < -0.4 is 5.32 Å². The van der Waals surface area contributed by atoms with Crippen LogP contribution in [0.5, 0.6) is 0 Å². The van der Waals surface area contributed by atoms with Crippen LogP contribution in [0.1, 0.15) is 5.56 Å². The highest BCUT2D eigenvalue weighted by atomic mass is 19.1. The maximum absolute atomic E-state index is 12.5. The lowest BCUT2D eigenvalue weighted by atomic mass is 10.3. The second kappa shape index (κ2) is 4.73. The summed E-state index contributed by atoms with van der Waals surface area (Å²) in [4.78, 5) is 18.5. The molecular formula is C9H10FN5O2. The van der Waals surface area contributed by atoms with E-state index in [0.29, 0.717) is 31.0 Å². The zero-order chi connectivity index (χ0) is 12.3. The van der Waals surface area contributed by atoms with Crippen molar-refractivity contribution < 1.29 is 9.31 Å². The van der Waals surface area contributed by atoms with E-state index in [1.807, 2.05) is 0 Å². The molecule has 0 spiro atoms. The summed E-state index contributed by atoms with van der Waals surface area (Å²) in [5.74, 6) is 0.444.